The Morgan fingerprint density at radius 2 is 1.56 bits per heavy atom. The normalized spacial score (nSPS) is 13.9. The number of likely N-dealkylation sites (tertiary alicyclic amines) is 1. The number of amides is 3. The molecule has 2 aromatic carbocycles. The summed E-state index contributed by atoms with van der Waals surface area (Å²) in [5.74, 6) is -0.204. The summed E-state index contributed by atoms with van der Waals surface area (Å²) in [6.45, 7) is 3.71. The molecule has 1 fully saturated rings. The number of urea groups is 1. The van der Waals surface area contributed by atoms with Crippen molar-refractivity contribution in [3.63, 3.8) is 0 Å². The molecule has 1 aliphatic heterocycles. The molecule has 27 heavy (non-hydrogen) atoms. The molecule has 0 aliphatic carbocycles. The Morgan fingerprint density at radius 3 is 2.22 bits per heavy atom. The Hall–Kier alpha value is -2.86. The van der Waals surface area contributed by atoms with Crippen LogP contribution in [0, 0.1) is 0 Å². The maximum Gasteiger partial charge on any atom is 0.333 e. The first-order valence-corrected chi connectivity index (χ1v) is 9.40. The van der Waals surface area contributed by atoms with E-state index in [4.69, 9.17) is 0 Å². The van der Waals surface area contributed by atoms with Crippen LogP contribution in [-0.4, -0.2) is 48.0 Å². The van der Waals surface area contributed by atoms with Crippen molar-refractivity contribution in [3.05, 3.63) is 71.8 Å². The van der Waals surface area contributed by atoms with Crippen LogP contribution in [0.3, 0.4) is 0 Å². The van der Waals surface area contributed by atoms with Gasteiger partial charge in [-0.1, -0.05) is 48.5 Å². The first kappa shape index (κ1) is 18.9. The highest BCUT2D eigenvalue weighted by Crippen LogP contribution is 2.08. The summed E-state index contributed by atoms with van der Waals surface area (Å²) in [6.07, 6.45) is 2.38. The summed E-state index contributed by atoms with van der Waals surface area (Å²) in [6, 6.07) is 18.3. The number of carbonyl (C=O) groups excluding carboxylic acids is 2. The van der Waals surface area contributed by atoms with Gasteiger partial charge in [-0.25, -0.2) is 15.2 Å². The SMILES string of the molecule is O=C(NCc1ccccc1)NN(CCN1CCCC1)C(=O)c1ccccc1. The number of nitrogens with zero attached hydrogens (tertiary/aromatic N) is 2. The smallest absolute Gasteiger partial charge is 0.333 e. The van der Waals surface area contributed by atoms with Gasteiger partial charge >= 0.3 is 6.03 Å². The van der Waals surface area contributed by atoms with Crippen LogP contribution in [0.2, 0.25) is 0 Å². The van der Waals surface area contributed by atoms with Crippen molar-refractivity contribution < 1.29 is 9.59 Å². The van der Waals surface area contributed by atoms with Crippen molar-refractivity contribution in [2.45, 2.75) is 19.4 Å². The molecule has 3 rings (SSSR count). The summed E-state index contributed by atoms with van der Waals surface area (Å²) in [5.41, 5.74) is 4.28. The Balaban J connectivity index is 1.59. The quantitative estimate of drug-likeness (QED) is 0.773. The largest absolute Gasteiger partial charge is 0.333 e. The van der Waals surface area contributed by atoms with E-state index in [0.717, 1.165) is 25.2 Å². The molecule has 0 spiro atoms. The van der Waals surface area contributed by atoms with E-state index < -0.39 is 0 Å². The molecule has 6 nitrogen and oxygen atoms in total. The van der Waals surface area contributed by atoms with Gasteiger partial charge in [0.1, 0.15) is 0 Å². The van der Waals surface area contributed by atoms with E-state index in [1.807, 2.05) is 48.5 Å². The lowest BCUT2D eigenvalue weighted by molar-refractivity contribution is 0.0662. The molecule has 2 N–H and O–H groups in total. The van der Waals surface area contributed by atoms with Gasteiger partial charge in [0, 0.05) is 18.7 Å². The van der Waals surface area contributed by atoms with Crippen LogP contribution < -0.4 is 10.7 Å². The molecular formula is C21H26N4O2. The fourth-order valence-electron chi connectivity index (χ4n) is 3.13. The number of hydrogen-bond acceptors (Lipinski definition) is 3. The zero-order valence-corrected chi connectivity index (χ0v) is 15.4. The first-order valence-electron chi connectivity index (χ1n) is 9.40. The van der Waals surface area contributed by atoms with E-state index in [2.05, 4.69) is 15.6 Å². The second-order valence-electron chi connectivity index (χ2n) is 6.65. The fraction of sp³-hybridized carbons (Fsp3) is 0.333. The Bertz CT molecular complexity index is 730. The number of nitrogens with one attached hydrogen (secondary N) is 2. The highest BCUT2D eigenvalue weighted by Gasteiger charge is 2.20. The van der Waals surface area contributed by atoms with E-state index in [0.29, 0.717) is 18.7 Å². The summed E-state index contributed by atoms with van der Waals surface area (Å²) in [7, 11) is 0. The molecule has 2 aromatic rings. The van der Waals surface area contributed by atoms with E-state index >= 15 is 0 Å². The Kier molecular flexibility index (Phi) is 6.82. The highest BCUT2D eigenvalue weighted by molar-refractivity contribution is 5.95. The topological polar surface area (TPSA) is 64.7 Å². The first-order chi connectivity index (χ1) is 13.2. The van der Waals surface area contributed by atoms with Gasteiger partial charge in [0.2, 0.25) is 0 Å². The van der Waals surface area contributed by atoms with Crippen molar-refractivity contribution in [1.82, 2.24) is 20.7 Å². The van der Waals surface area contributed by atoms with E-state index in [1.165, 1.54) is 17.9 Å². The van der Waals surface area contributed by atoms with Crippen LogP contribution in [0.1, 0.15) is 28.8 Å². The third-order valence-electron chi connectivity index (χ3n) is 4.64. The lowest BCUT2D eigenvalue weighted by Crippen LogP contribution is -2.52. The standard InChI is InChI=1S/C21H26N4O2/c26-20(19-11-5-2-6-12-19)25(16-15-24-13-7-8-14-24)23-21(27)22-17-18-9-3-1-4-10-18/h1-6,9-12H,7-8,13-17H2,(H2,22,23,27). The average Bonchev–Trinajstić information content (AvgIpc) is 3.24. The van der Waals surface area contributed by atoms with Crippen LogP contribution in [0.5, 0.6) is 0 Å². The molecule has 1 aliphatic rings. The molecule has 1 heterocycles. The Morgan fingerprint density at radius 1 is 0.926 bits per heavy atom. The van der Waals surface area contributed by atoms with Crippen molar-refractivity contribution in [2.75, 3.05) is 26.2 Å². The maximum atomic E-state index is 12.8. The summed E-state index contributed by atoms with van der Waals surface area (Å²) in [4.78, 5) is 27.5. The van der Waals surface area contributed by atoms with Gasteiger partial charge in [-0.05, 0) is 43.6 Å². The molecule has 3 amide bonds. The average molecular weight is 366 g/mol. The molecule has 6 heteroatoms. The van der Waals surface area contributed by atoms with Gasteiger partial charge in [-0.2, -0.15) is 0 Å². The summed E-state index contributed by atoms with van der Waals surface area (Å²) in [5, 5.41) is 4.22. The minimum absolute atomic E-state index is 0.204. The summed E-state index contributed by atoms with van der Waals surface area (Å²) < 4.78 is 0. The molecule has 1 saturated heterocycles. The minimum Gasteiger partial charge on any atom is -0.333 e. The van der Waals surface area contributed by atoms with E-state index in [-0.39, 0.29) is 11.9 Å². The van der Waals surface area contributed by atoms with Crippen molar-refractivity contribution in [2.24, 2.45) is 0 Å². The third-order valence-corrected chi connectivity index (χ3v) is 4.64. The third kappa shape index (κ3) is 5.82. The number of hydrogen-bond donors (Lipinski definition) is 2. The van der Waals surface area contributed by atoms with Crippen LogP contribution in [0.25, 0.3) is 0 Å². The lowest BCUT2D eigenvalue weighted by atomic mass is 10.2. The Labute approximate surface area is 160 Å². The maximum absolute atomic E-state index is 12.8. The van der Waals surface area contributed by atoms with Gasteiger partial charge in [-0.15, -0.1) is 0 Å². The van der Waals surface area contributed by atoms with Crippen molar-refractivity contribution >= 4 is 11.9 Å². The molecule has 0 aromatic heterocycles. The van der Waals surface area contributed by atoms with E-state index in [9.17, 15) is 9.59 Å². The van der Waals surface area contributed by atoms with Crippen LogP contribution in [0.4, 0.5) is 4.79 Å². The number of benzene rings is 2. The molecule has 0 radical (unpaired) electrons. The highest BCUT2D eigenvalue weighted by atomic mass is 16.2. The van der Waals surface area contributed by atoms with Gasteiger partial charge in [0.25, 0.3) is 5.91 Å². The number of rotatable bonds is 6. The second-order valence-corrected chi connectivity index (χ2v) is 6.65. The second kappa shape index (κ2) is 9.73. The summed E-state index contributed by atoms with van der Waals surface area (Å²) >= 11 is 0. The predicted octanol–water partition coefficient (Wildman–Crippen LogP) is 2.64. The van der Waals surface area contributed by atoms with Gasteiger partial charge in [0.15, 0.2) is 0 Å². The predicted molar refractivity (Wildman–Crippen MR) is 105 cm³/mol. The van der Waals surface area contributed by atoms with Gasteiger partial charge in [0.05, 0.1) is 6.54 Å². The molecule has 142 valence electrons. The zero-order valence-electron chi connectivity index (χ0n) is 15.4. The van der Waals surface area contributed by atoms with Crippen LogP contribution >= 0.6 is 0 Å². The zero-order chi connectivity index (χ0) is 18.9. The molecule has 0 bridgehead atoms. The molecular weight excluding hydrogens is 340 g/mol. The van der Waals surface area contributed by atoms with E-state index in [1.54, 1.807) is 12.1 Å². The molecule has 0 unspecified atom stereocenters. The number of hydrazine groups is 1. The van der Waals surface area contributed by atoms with Gasteiger partial charge < -0.3 is 10.2 Å². The minimum atomic E-state index is -0.385. The van der Waals surface area contributed by atoms with Crippen molar-refractivity contribution in [1.29, 1.82) is 0 Å². The lowest BCUT2D eigenvalue weighted by Gasteiger charge is -2.26. The fourth-order valence-corrected chi connectivity index (χ4v) is 3.13. The van der Waals surface area contributed by atoms with Crippen LogP contribution in [-0.2, 0) is 6.54 Å². The molecule has 0 atom stereocenters. The number of carbonyl (C=O) groups is 2. The van der Waals surface area contributed by atoms with Gasteiger partial charge in [-0.3, -0.25) is 4.79 Å². The van der Waals surface area contributed by atoms with Crippen LogP contribution in [0.15, 0.2) is 60.7 Å². The molecule has 0 saturated carbocycles. The van der Waals surface area contributed by atoms with Crippen molar-refractivity contribution in [3.8, 4) is 0 Å². The monoisotopic (exact) mass is 366 g/mol.